The first-order valence-electron chi connectivity index (χ1n) is 3.65. The normalized spacial score (nSPS) is 10.9. The van der Waals surface area contributed by atoms with Crippen LogP contribution in [0.3, 0.4) is 0 Å². The molecule has 1 heterocycles. The van der Waals surface area contributed by atoms with Crippen LogP contribution in [-0.4, -0.2) is 20.6 Å². The Morgan fingerprint density at radius 3 is 2.92 bits per heavy atom. The lowest BCUT2D eigenvalue weighted by molar-refractivity contribution is -0.131. The van der Waals surface area contributed by atoms with E-state index in [4.69, 9.17) is 5.11 Å². The molecule has 0 bridgehead atoms. The van der Waals surface area contributed by atoms with Gasteiger partial charge in [0, 0.05) is 18.8 Å². The number of hydrogen-bond donors (Lipinski definition) is 1. The zero-order valence-corrected chi connectivity index (χ0v) is 8.21. The minimum atomic E-state index is -0.943. The van der Waals surface area contributed by atoms with Crippen molar-refractivity contribution in [3.8, 4) is 0 Å². The van der Waals surface area contributed by atoms with Gasteiger partial charge in [0.25, 0.3) is 0 Å². The number of carboxylic acids is 1. The Hall–Kier alpha value is -1.23. The van der Waals surface area contributed by atoms with Gasteiger partial charge in [-0.25, -0.2) is 9.78 Å². The maximum atomic E-state index is 10.2. The average molecular weight is 198 g/mol. The van der Waals surface area contributed by atoms with Crippen LogP contribution >= 0.6 is 11.8 Å². The van der Waals surface area contributed by atoms with Gasteiger partial charge < -0.3 is 9.67 Å². The second-order valence-corrected chi connectivity index (χ2v) is 3.40. The summed E-state index contributed by atoms with van der Waals surface area (Å²) in [5, 5.41) is 10.7. The van der Waals surface area contributed by atoms with Crippen molar-refractivity contribution in [1.29, 1.82) is 0 Å². The first-order chi connectivity index (χ1) is 6.11. The molecule has 1 aromatic rings. The molecular weight excluding hydrogens is 188 g/mol. The summed E-state index contributed by atoms with van der Waals surface area (Å²) in [5.41, 5.74) is 1.03. The number of rotatable bonds is 3. The van der Waals surface area contributed by atoms with Crippen LogP contribution in [-0.2, 0) is 11.8 Å². The van der Waals surface area contributed by atoms with Gasteiger partial charge in [-0.1, -0.05) is 11.8 Å². The van der Waals surface area contributed by atoms with Crippen LogP contribution in [0.2, 0.25) is 0 Å². The molecule has 0 aliphatic rings. The molecule has 0 saturated heterocycles. The van der Waals surface area contributed by atoms with E-state index >= 15 is 0 Å². The molecule has 0 aliphatic carbocycles. The third kappa shape index (κ3) is 2.62. The lowest BCUT2D eigenvalue weighted by Crippen LogP contribution is -1.87. The van der Waals surface area contributed by atoms with Crippen LogP contribution in [0.15, 0.2) is 22.8 Å². The summed E-state index contributed by atoms with van der Waals surface area (Å²) in [6.45, 7) is 1.93. The molecule has 13 heavy (non-hydrogen) atoms. The molecule has 0 fully saturated rings. The monoisotopic (exact) mass is 198 g/mol. The molecule has 0 amide bonds. The maximum absolute atomic E-state index is 10.2. The number of aryl methyl sites for hydroxylation is 1. The molecule has 4 nitrogen and oxygen atoms in total. The number of thioether (sulfide) groups is 1. The molecule has 70 valence electrons. The van der Waals surface area contributed by atoms with Crippen LogP contribution in [0.25, 0.3) is 0 Å². The fraction of sp³-hybridized carbons (Fsp3) is 0.250. The van der Waals surface area contributed by atoms with Crippen LogP contribution in [0.5, 0.6) is 0 Å². The van der Waals surface area contributed by atoms with Gasteiger partial charge >= 0.3 is 5.97 Å². The second kappa shape index (κ2) is 4.13. The van der Waals surface area contributed by atoms with E-state index in [1.54, 1.807) is 6.33 Å². The lowest BCUT2D eigenvalue weighted by atomic mass is 10.5. The van der Waals surface area contributed by atoms with E-state index in [9.17, 15) is 4.79 Å². The number of imidazole rings is 1. The maximum Gasteiger partial charge on any atom is 0.328 e. The Balaban J connectivity index is 2.65. The molecule has 0 spiro atoms. The first kappa shape index (κ1) is 9.85. The van der Waals surface area contributed by atoms with Crippen molar-refractivity contribution in [3.63, 3.8) is 0 Å². The van der Waals surface area contributed by atoms with Crippen molar-refractivity contribution in [2.45, 2.75) is 11.9 Å². The minimum Gasteiger partial charge on any atom is -0.478 e. The number of hydrogen-bond acceptors (Lipinski definition) is 3. The summed E-state index contributed by atoms with van der Waals surface area (Å²) in [6.07, 6.45) is 2.80. The predicted molar refractivity (Wildman–Crippen MR) is 50.6 cm³/mol. The van der Waals surface area contributed by atoms with Crippen molar-refractivity contribution < 1.29 is 9.90 Å². The Labute approximate surface area is 80.3 Å². The van der Waals surface area contributed by atoms with E-state index in [0.29, 0.717) is 0 Å². The van der Waals surface area contributed by atoms with Crippen molar-refractivity contribution >= 4 is 17.7 Å². The fourth-order valence-corrected chi connectivity index (χ4v) is 1.48. The van der Waals surface area contributed by atoms with Gasteiger partial charge in [-0.05, 0) is 12.3 Å². The molecule has 1 N–H and O–H groups in total. The van der Waals surface area contributed by atoms with E-state index in [0.717, 1.165) is 16.8 Å². The molecule has 1 aromatic heterocycles. The number of aliphatic carboxylic acids is 1. The van der Waals surface area contributed by atoms with Gasteiger partial charge in [-0.2, -0.15) is 0 Å². The van der Waals surface area contributed by atoms with Crippen molar-refractivity contribution in [2.24, 2.45) is 7.05 Å². The van der Waals surface area contributed by atoms with E-state index in [2.05, 4.69) is 4.98 Å². The molecule has 0 aromatic carbocycles. The Morgan fingerprint density at radius 2 is 2.46 bits per heavy atom. The lowest BCUT2D eigenvalue weighted by Gasteiger charge is -1.94. The fourth-order valence-electron chi connectivity index (χ4n) is 0.742. The molecule has 0 saturated carbocycles. The summed E-state index contributed by atoms with van der Waals surface area (Å²) in [4.78, 5) is 14.2. The number of carbonyl (C=O) groups is 1. The van der Waals surface area contributed by atoms with Crippen LogP contribution in [0, 0.1) is 6.92 Å². The smallest absolute Gasteiger partial charge is 0.328 e. The molecule has 0 atom stereocenters. The van der Waals surface area contributed by atoms with Gasteiger partial charge in [0.1, 0.15) is 5.03 Å². The predicted octanol–water partition coefficient (Wildman–Crippen LogP) is 1.42. The van der Waals surface area contributed by atoms with Crippen molar-refractivity contribution in [1.82, 2.24) is 9.55 Å². The van der Waals surface area contributed by atoms with Gasteiger partial charge in [-0.15, -0.1) is 0 Å². The Bertz CT molecular complexity index is 344. The first-order valence-corrected chi connectivity index (χ1v) is 4.53. The van der Waals surface area contributed by atoms with E-state index in [-0.39, 0.29) is 0 Å². The minimum absolute atomic E-state index is 0.833. The highest BCUT2D eigenvalue weighted by Gasteiger charge is 2.01. The summed E-state index contributed by atoms with van der Waals surface area (Å²) >= 11 is 1.30. The highest BCUT2D eigenvalue weighted by Crippen LogP contribution is 2.20. The van der Waals surface area contributed by atoms with Crippen molar-refractivity contribution in [2.75, 3.05) is 0 Å². The van der Waals surface area contributed by atoms with Crippen LogP contribution in [0.1, 0.15) is 5.69 Å². The Morgan fingerprint density at radius 1 is 1.77 bits per heavy atom. The molecule has 1 rings (SSSR count). The van der Waals surface area contributed by atoms with Gasteiger partial charge in [0.15, 0.2) is 0 Å². The third-order valence-corrected chi connectivity index (χ3v) is 2.47. The Kier molecular flexibility index (Phi) is 3.13. The SMILES string of the molecule is Cc1c(SC=CC(=O)O)ncn1C. The van der Waals surface area contributed by atoms with Crippen LogP contribution < -0.4 is 0 Å². The largest absolute Gasteiger partial charge is 0.478 e. The van der Waals surface area contributed by atoms with E-state index in [1.807, 2.05) is 18.5 Å². The molecular formula is C8H10N2O2S. The summed E-state index contributed by atoms with van der Waals surface area (Å²) in [5.74, 6) is -0.943. The zero-order valence-electron chi connectivity index (χ0n) is 7.39. The quantitative estimate of drug-likeness (QED) is 0.589. The standard InChI is InChI=1S/C8H10N2O2S/c1-6-8(9-5-10(6)2)13-4-3-7(11)12/h3-5H,1-2H3,(H,11,12). The van der Waals surface area contributed by atoms with Gasteiger partial charge in [-0.3, -0.25) is 0 Å². The summed E-state index contributed by atoms with van der Waals surface area (Å²) in [7, 11) is 1.90. The highest BCUT2D eigenvalue weighted by atomic mass is 32.2. The number of nitrogens with zero attached hydrogens (tertiary/aromatic N) is 2. The molecule has 0 unspecified atom stereocenters. The van der Waals surface area contributed by atoms with E-state index < -0.39 is 5.97 Å². The topological polar surface area (TPSA) is 55.1 Å². The summed E-state index contributed by atoms with van der Waals surface area (Å²) in [6, 6.07) is 0. The second-order valence-electron chi connectivity index (χ2n) is 2.50. The average Bonchev–Trinajstić information content (AvgIpc) is 2.35. The molecule has 0 radical (unpaired) electrons. The van der Waals surface area contributed by atoms with Crippen molar-refractivity contribution in [3.05, 3.63) is 23.5 Å². The third-order valence-electron chi connectivity index (χ3n) is 1.58. The number of aromatic nitrogens is 2. The molecule has 0 aliphatic heterocycles. The number of carboxylic acid groups (broad SMARTS) is 1. The highest BCUT2D eigenvalue weighted by molar-refractivity contribution is 8.02. The van der Waals surface area contributed by atoms with Crippen LogP contribution in [0.4, 0.5) is 0 Å². The molecule has 5 heteroatoms. The van der Waals surface area contributed by atoms with Gasteiger partial charge in [0.2, 0.25) is 0 Å². The summed E-state index contributed by atoms with van der Waals surface area (Å²) < 4.78 is 1.89. The van der Waals surface area contributed by atoms with Gasteiger partial charge in [0.05, 0.1) is 6.33 Å². The van der Waals surface area contributed by atoms with E-state index in [1.165, 1.54) is 17.2 Å². The zero-order chi connectivity index (χ0) is 9.84.